The maximum atomic E-state index is 11.8. The average molecular weight is 210 g/mol. The molecule has 0 aliphatic carbocycles. The molecular weight excluding hydrogens is 193 g/mol. The van der Waals surface area contributed by atoms with Gasteiger partial charge in [0.2, 0.25) is 0 Å². The van der Waals surface area contributed by atoms with Crippen molar-refractivity contribution in [1.29, 1.82) is 0 Å². The van der Waals surface area contributed by atoms with Crippen LogP contribution in [0.15, 0.2) is 0 Å². The Morgan fingerprint density at radius 2 is 1.71 bits per heavy atom. The fourth-order valence-corrected chi connectivity index (χ4v) is 1.97. The van der Waals surface area contributed by atoms with Gasteiger partial charge in [0.05, 0.1) is 6.54 Å². The van der Waals surface area contributed by atoms with Crippen LogP contribution in [0.5, 0.6) is 0 Å². The molecule has 1 N–H and O–H groups in total. The van der Waals surface area contributed by atoms with E-state index in [-0.39, 0.29) is 5.41 Å². The van der Waals surface area contributed by atoms with E-state index in [2.05, 4.69) is 5.32 Å². The highest BCUT2D eigenvalue weighted by molar-refractivity contribution is 5.04. The highest BCUT2D eigenvalue weighted by atomic mass is 19.4. The van der Waals surface area contributed by atoms with Gasteiger partial charge in [0, 0.05) is 31.6 Å². The van der Waals surface area contributed by atoms with Crippen LogP contribution in [0.25, 0.3) is 0 Å². The van der Waals surface area contributed by atoms with Gasteiger partial charge < -0.3 is 5.32 Å². The van der Waals surface area contributed by atoms with E-state index in [1.807, 2.05) is 13.8 Å². The van der Waals surface area contributed by atoms with Gasteiger partial charge in [-0.3, -0.25) is 4.90 Å². The first-order valence-electron chi connectivity index (χ1n) is 4.99. The fourth-order valence-electron chi connectivity index (χ4n) is 1.97. The monoisotopic (exact) mass is 210 g/mol. The Balaban J connectivity index is 0.000000461. The molecule has 84 valence electrons. The Kier molecular flexibility index (Phi) is 3.42. The third kappa shape index (κ3) is 2.60. The molecule has 0 atom stereocenters. The molecule has 5 heteroatoms. The highest BCUT2D eigenvalue weighted by Crippen LogP contribution is 2.35. The summed E-state index contributed by atoms with van der Waals surface area (Å²) in [6, 6.07) is 0. The average Bonchev–Trinajstić information content (AvgIpc) is 1.94. The lowest BCUT2D eigenvalue weighted by atomic mass is 9.74. The Morgan fingerprint density at radius 1 is 1.21 bits per heavy atom. The third-order valence-corrected chi connectivity index (χ3v) is 2.52. The van der Waals surface area contributed by atoms with Gasteiger partial charge in [0.25, 0.3) is 0 Å². The van der Waals surface area contributed by atoms with E-state index in [4.69, 9.17) is 0 Å². The van der Waals surface area contributed by atoms with Crippen molar-refractivity contribution in [1.82, 2.24) is 10.2 Å². The van der Waals surface area contributed by atoms with Gasteiger partial charge >= 0.3 is 6.18 Å². The zero-order chi connectivity index (χ0) is 10.8. The molecule has 2 saturated heterocycles. The Bertz CT molecular complexity index is 179. The van der Waals surface area contributed by atoms with Crippen LogP contribution in [0.4, 0.5) is 13.2 Å². The van der Waals surface area contributed by atoms with Crippen LogP contribution >= 0.6 is 0 Å². The second kappa shape index (κ2) is 4.06. The van der Waals surface area contributed by atoms with Crippen molar-refractivity contribution in [2.45, 2.75) is 20.0 Å². The summed E-state index contributed by atoms with van der Waals surface area (Å²) in [5.41, 5.74) is 0.200. The molecule has 1 spiro atoms. The molecule has 0 aromatic carbocycles. The van der Waals surface area contributed by atoms with Crippen molar-refractivity contribution in [3.63, 3.8) is 0 Å². The molecule has 0 aromatic heterocycles. The summed E-state index contributed by atoms with van der Waals surface area (Å²) in [4.78, 5) is 1.46. The lowest BCUT2D eigenvalue weighted by Gasteiger charge is -2.56. The van der Waals surface area contributed by atoms with Crippen LogP contribution in [0.3, 0.4) is 0 Å². The van der Waals surface area contributed by atoms with Crippen molar-refractivity contribution < 1.29 is 13.2 Å². The molecule has 0 saturated carbocycles. The summed E-state index contributed by atoms with van der Waals surface area (Å²) in [7, 11) is 0. The zero-order valence-electron chi connectivity index (χ0n) is 8.62. The number of likely N-dealkylation sites (tertiary alicyclic amines) is 1. The molecule has 0 unspecified atom stereocenters. The fraction of sp³-hybridized carbons (Fsp3) is 1.00. The maximum absolute atomic E-state index is 11.8. The van der Waals surface area contributed by atoms with Crippen LogP contribution in [0.2, 0.25) is 0 Å². The molecule has 2 heterocycles. The van der Waals surface area contributed by atoms with E-state index in [0.29, 0.717) is 13.1 Å². The normalized spacial score (nSPS) is 24.6. The molecule has 2 aliphatic heterocycles. The minimum absolute atomic E-state index is 0.200. The van der Waals surface area contributed by atoms with E-state index in [9.17, 15) is 13.2 Å². The zero-order valence-corrected chi connectivity index (χ0v) is 8.62. The van der Waals surface area contributed by atoms with Crippen molar-refractivity contribution in [3.8, 4) is 0 Å². The lowest BCUT2D eigenvalue weighted by molar-refractivity contribution is -0.174. The van der Waals surface area contributed by atoms with E-state index in [1.54, 1.807) is 0 Å². The predicted molar refractivity (Wildman–Crippen MR) is 49.1 cm³/mol. The first-order chi connectivity index (χ1) is 6.49. The summed E-state index contributed by atoms with van der Waals surface area (Å²) in [6.07, 6.45) is -4.03. The van der Waals surface area contributed by atoms with Crippen LogP contribution in [-0.2, 0) is 0 Å². The quantitative estimate of drug-likeness (QED) is 0.705. The largest absolute Gasteiger partial charge is 0.401 e. The van der Waals surface area contributed by atoms with Crippen molar-refractivity contribution in [2.75, 3.05) is 32.7 Å². The van der Waals surface area contributed by atoms with Gasteiger partial charge in [0.1, 0.15) is 0 Å². The number of hydrogen-bond acceptors (Lipinski definition) is 2. The van der Waals surface area contributed by atoms with E-state index < -0.39 is 12.7 Å². The standard InChI is InChI=1S/C7H11F3N2.C2H6/c8-7(9,10)5-12-3-6(4-12)1-11-2-6;1-2/h11H,1-5H2;1-2H3. The molecule has 0 aromatic rings. The van der Waals surface area contributed by atoms with Crippen LogP contribution in [0, 0.1) is 5.41 Å². The second-order valence-corrected chi connectivity index (χ2v) is 3.86. The number of halogens is 3. The van der Waals surface area contributed by atoms with E-state index in [1.165, 1.54) is 4.90 Å². The van der Waals surface area contributed by atoms with Gasteiger partial charge in [-0.2, -0.15) is 13.2 Å². The molecule has 2 rings (SSSR count). The van der Waals surface area contributed by atoms with E-state index >= 15 is 0 Å². The summed E-state index contributed by atoms with van der Waals surface area (Å²) < 4.78 is 35.5. The maximum Gasteiger partial charge on any atom is 0.401 e. The number of nitrogens with one attached hydrogen (secondary N) is 1. The van der Waals surface area contributed by atoms with Gasteiger partial charge in [-0.25, -0.2) is 0 Å². The molecular formula is C9H17F3N2. The second-order valence-electron chi connectivity index (χ2n) is 3.86. The number of alkyl halides is 3. The minimum Gasteiger partial charge on any atom is -0.315 e. The van der Waals surface area contributed by atoms with Gasteiger partial charge in [-0.1, -0.05) is 13.8 Å². The lowest BCUT2D eigenvalue weighted by Crippen LogP contribution is -2.71. The number of hydrogen-bond donors (Lipinski definition) is 1. The topological polar surface area (TPSA) is 15.3 Å². The SMILES string of the molecule is CC.FC(F)(F)CN1CC2(CNC2)C1. The van der Waals surface area contributed by atoms with Crippen molar-refractivity contribution in [3.05, 3.63) is 0 Å². The Morgan fingerprint density at radius 3 is 2.00 bits per heavy atom. The third-order valence-electron chi connectivity index (χ3n) is 2.52. The molecule has 0 bridgehead atoms. The first kappa shape index (κ1) is 11.8. The Hall–Kier alpha value is -0.290. The van der Waals surface area contributed by atoms with Crippen LogP contribution < -0.4 is 5.32 Å². The molecule has 0 amide bonds. The van der Waals surface area contributed by atoms with E-state index in [0.717, 1.165) is 13.1 Å². The van der Waals surface area contributed by atoms with Crippen molar-refractivity contribution >= 4 is 0 Å². The first-order valence-corrected chi connectivity index (χ1v) is 4.99. The summed E-state index contributed by atoms with van der Waals surface area (Å²) in [5.74, 6) is 0. The van der Waals surface area contributed by atoms with Crippen LogP contribution in [0.1, 0.15) is 13.8 Å². The Labute approximate surface area is 82.5 Å². The van der Waals surface area contributed by atoms with Crippen LogP contribution in [-0.4, -0.2) is 43.8 Å². The van der Waals surface area contributed by atoms with Gasteiger partial charge in [0.15, 0.2) is 0 Å². The summed E-state index contributed by atoms with van der Waals surface area (Å²) >= 11 is 0. The minimum atomic E-state index is -4.03. The van der Waals surface area contributed by atoms with Crippen molar-refractivity contribution in [2.24, 2.45) is 5.41 Å². The highest BCUT2D eigenvalue weighted by Gasteiger charge is 2.49. The number of rotatable bonds is 1. The molecule has 2 aliphatic rings. The molecule has 2 nitrogen and oxygen atoms in total. The summed E-state index contributed by atoms with van der Waals surface area (Å²) in [6.45, 7) is 6.26. The molecule has 0 radical (unpaired) electrons. The molecule has 14 heavy (non-hydrogen) atoms. The number of nitrogens with zero attached hydrogens (tertiary/aromatic N) is 1. The molecule has 2 fully saturated rings. The smallest absolute Gasteiger partial charge is 0.315 e. The summed E-state index contributed by atoms with van der Waals surface area (Å²) in [5, 5.41) is 3.08. The predicted octanol–water partition coefficient (Wildman–Crippen LogP) is 1.48. The van der Waals surface area contributed by atoms with Gasteiger partial charge in [-0.15, -0.1) is 0 Å². The van der Waals surface area contributed by atoms with Gasteiger partial charge in [-0.05, 0) is 0 Å².